The lowest BCUT2D eigenvalue weighted by Gasteiger charge is -2.08. The van der Waals surface area contributed by atoms with E-state index in [0.29, 0.717) is 26.3 Å². The lowest BCUT2D eigenvalue weighted by Crippen LogP contribution is -2.38. The first-order valence-electron chi connectivity index (χ1n) is 6.59. The summed E-state index contributed by atoms with van der Waals surface area (Å²) in [7, 11) is 1.63. The first kappa shape index (κ1) is 16.3. The van der Waals surface area contributed by atoms with Crippen LogP contribution in [0.3, 0.4) is 0 Å². The van der Waals surface area contributed by atoms with E-state index in [1.54, 1.807) is 7.11 Å². The van der Waals surface area contributed by atoms with Crippen LogP contribution in [0.5, 0.6) is 5.75 Å². The summed E-state index contributed by atoms with van der Waals surface area (Å²) in [5.74, 6) is 0.813. The van der Waals surface area contributed by atoms with Gasteiger partial charge >= 0.3 is 6.03 Å². The number of rotatable bonds is 9. The number of hydrogen-bond donors (Lipinski definition) is 3. The molecule has 0 bridgehead atoms. The summed E-state index contributed by atoms with van der Waals surface area (Å²) < 4.78 is 10.2. The summed E-state index contributed by atoms with van der Waals surface area (Å²) in [6, 6.07) is 7.52. The highest BCUT2D eigenvalue weighted by molar-refractivity contribution is 5.73. The smallest absolute Gasteiger partial charge is 0.314 e. The van der Waals surface area contributed by atoms with Crippen LogP contribution in [0.25, 0.3) is 0 Å². The molecule has 1 rings (SSSR count). The molecule has 0 radical (unpaired) electrons. The van der Waals surface area contributed by atoms with Gasteiger partial charge in [-0.15, -0.1) is 0 Å². The van der Waals surface area contributed by atoms with Crippen molar-refractivity contribution in [2.75, 3.05) is 40.0 Å². The van der Waals surface area contributed by atoms with Gasteiger partial charge in [-0.2, -0.15) is 0 Å². The quantitative estimate of drug-likeness (QED) is 0.578. The first-order chi connectivity index (χ1) is 9.76. The van der Waals surface area contributed by atoms with Gasteiger partial charge in [0.25, 0.3) is 0 Å². The van der Waals surface area contributed by atoms with E-state index < -0.39 is 0 Å². The van der Waals surface area contributed by atoms with Crippen LogP contribution in [-0.4, -0.2) is 51.2 Å². The number of amides is 2. The number of carbonyl (C=O) groups is 1. The Kier molecular flexibility index (Phi) is 8.17. The van der Waals surface area contributed by atoms with E-state index in [2.05, 4.69) is 10.6 Å². The van der Waals surface area contributed by atoms with Gasteiger partial charge in [0.15, 0.2) is 0 Å². The average molecular weight is 282 g/mol. The maximum atomic E-state index is 11.4. The molecular weight excluding hydrogens is 260 g/mol. The molecule has 112 valence electrons. The Bertz CT molecular complexity index is 399. The lowest BCUT2D eigenvalue weighted by atomic mass is 10.1. The molecule has 0 saturated heterocycles. The molecule has 6 heteroatoms. The first-order valence-corrected chi connectivity index (χ1v) is 6.59. The molecule has 1 aromatic rings. The van der Waals surface area contributed by atoms with Crippen molar-refractivity contribution in [3.05, 3.63) is 29.8 Å². The average Bonchev–Trinajstić information content (AvgIpc) is 2.47. The van der Waals surface area contributed by atoms with Crippen LogP contribution < -0.4 is 15.4 Å². The van der Waals surface area contributed by atoms with Gasteiger partial charge in [-0.25, -0.2) is 4.79 Å². The van der Waals surface area contributed by atoms with Gasteiger partial charge in [0, 0.05) is 13.1 Å². The van der Waals surface area contributed by atoms with E-state index >= 15 is 0 Å². The van der Waals surface area contributed by atoms with Crippen LogP contribution in [0.2, 0.25) is 0 Å². The van der Waals surface area contributed by atoms with Gasteiger partial charge in [0.2, 0.25) is 0 Å². The van der Waals surface area contributed by atoms with Crippen LogP contribution >= 0.6 is 0 Å². The fraction of sp³-hybridized carbons (Fsp3) is 0.500. The topological polar surface area (TPSA) is 79.8 Å². The minimum absolute atomic E-state index is 0.00721. The van der Waals surface area contributed by atoms with Gasteiger partial charge in [-0.3, -0.25) is 0 Å². The maximum absolute atomic E-state index is 11.4. The zero-order valence-electron chi connectivity index (χ0n) is 11.7. The van der Waals surface area contributed by atoms with Gasteiger partial charge in [0.05, 0.1) is 26.9 Å². The number of hydrogen-bond acceptors (Lipinski definition) is 4. The Balaban J connectivity index is 2.12. The molecule has 0 aromatic heterocycles. The Morgan fingerprint density at radius 1 is 1.25 bits per heavy atom. The predicted octanol–water partition coefficient (Wildman–Crippen LogP) is 0.546. The van der Waals surface area contributed by atoms with Crippen molar-refractivity contribution in [3.8, 4) is 5.75 Å². The summed E-state index contributed by atoms with van der Waals surface area (Å²) in [4.78, 5) is 11.4. The van der Waals surface area contributed by atoms with Crippen molar-refractivity contribution >= 4 is 6.03 Å². The van der Waals surface area contributed by atoms with Gasteiger partial charge in [-0.1, -0.05) is 12.1 Å². The third-order valence-electron chi connectivity index (χ3n) is 2.60. The second-order valence-corrected chi connectivity index (χ2v) is 4.12. The molecule has 6 nitrogen and oxygen atoms in total. The molecule has 0 aliphatic rings. The molecule has 0 saturated carbocycles. The molecular formula is C14H22N2O4. The molecule has 3 N–H and O–H groups in total. The van der Waals surface area contributed by atoms with E-state index in [9.17, 15) is 4.79 Å². The van der Waals surface area contributed by atoms with Crippen molar-refractivity contribution in [2.24, 2.45) is 0 Å². The monoisotopic (exact) mass is 282 g/mol. The van der Waals surface area contributed by atoms with E-state index in [1.807, 2.05) is 24.3 Å². The number of urea groups is 1. The molecule has 0 atom stereocenters. The highest BCUT2D eigenvalue weighted by Gasteiger charge is 2.00. The molecule has 0 aliphatic heterocycles. The number of ether oxygens (including phenoxy) is 2. The number of nitrogens with one attached hydrogen (secondary N) is 2. The van der Waals surface area contributed by atoms with Crippen LogP contribution in [0.1, 0.15) is 5.56 Å². The molecule has 0 aliphatic carbocycles. The SMILES string of the molecule is COc1cccc(CCNC(=O)NCCOCCO)c1. The summed E-state index contributed by atoms with van der Waals surface area (Å²) in [5.41, 5.74) is 1.11. The van der Waals surface area contributed by atoms with Crippen LogP contribution in [0.15, 0.2) is 24.3 Å². The van der Waals surface area contributed by atoms with Crippen molar-refractivity contribution in [3.63, 3.8) is 0 Å². The lowest BCUT2D eigenvalue weighted by molar-refractivity contribution is 0.0947. The number of methoxy groups -OCH3 is 1. The fourth-order valence-electron chi connectivity index (χ4n) is 1.61. The molecule has 20 heavy (non-hydrogen) atoms. The Morgan fingerprint density at radius 3 is 2.80 bits per heavy atom. The minimum atomic E-state index is -0.222. The van der Waals surface area contributed by atoms with Crippen molar-refractivity contribution in [1.82, 2.24) is 10.6 Å². The number of carbonyl (C=O) groups excluding carboxylic acids is 1. The maximum Gasteiger partial charge on any atom is 0.314 e. The Morgan fingerprint density at radius 2 is 2.05 bits per heavy atom. The van der Waals surface area contributed by atoms with E-state index in [0.717, 1.165) is 17.7 Å². The normalized spacial score (nSPS) is 10.1. The predicted molar refractivity (Wildman–Crippen MR) is 76.0 cm³/mol. The molecule has 1 aromatic carbocycles. The molecule has 2 amide bonds. The minimum Gasteiger partial charge on any atom is -0.497 e. The Labute approximate surface area is 119 Å². The number of aliphatic hydroxyl groups excluding tert-OH is 1. The highest BCUT2D eigenvalue weighted by atomic mass is 16.5. The molecule has 0 fully saturated rings. The zero-order chi connectivity index (χ0) is 14.6. The summed E-state index contributed by atoms with van der Waals surface area (Å²) in [6.45, 7) is 1.65. The van der Waals surface area contributed by atoms with Crippen LogP contribution in [-0.2, 0) is 11.2 Å². The van der Waals surface area contributed by atoms with Gasteiger partial charge in [0.1, 0.15) is 5.75 Å². The van der Waals surface area contributed by atoms with E-state index in [4.69, 9.17) is 14.6 Å². The second kappa shape index (κ2) is 10.1. The van der Waals surface area contributed by atoms with E-state index in [-0.39, 0.29) is 12.6 Å². The largest absolute Gasteiger partial charge is 0.497 e. The third kappa shape index (κ3) is 6.96. The second-order valence-electron chi connectivity index (χ2n) is 4.12. The number of benzene rings is 1. The van der Waals surface area contributed by atoms with Crippen molar-refractivity contribution in [1.29, 1.82) is 0 Å². The number of aliphatic hydroxyl groups is 1. The van der Waals surface area contributed by atoms with Crippen molar-refractivity contribution < 1.29 is 19.4 Å². The van der Waals surface area contributed by atoms with E-state index in [1.165, 1.54) is 0 Å². The molecule has 0 heterocycles. The van der Waals surface area contributed by atoms with Gasteiger partial charge in [-0.05, 0) is 24.1 Å². The summed E-state index contributed by atoms with van der Waals surface area (Å²) in [5, 5.41) is 13.9. The highest BCUT2D eigenvalue weighted by Crippen LogP contribution is 2.12. The van der Waals surface area contributed by atoms with Crippen LogP contribution in [0, 0.1) is 0 Å². The molecule has 0 spiro atoms. The molecule has 0 unspecified atom stereocenters. The summed E-state index contributed by atoms with van der Waals surface area (Å²) in [6.07, 6.45) is 0.742. The zero-order valence-corrected chi connectivity index (χ0v) is 11.7. The van der Waals surface area contributed by atoms with Crippen LogP contribution in [0.4, 0.5) is 4.79 Å². The van der Waals surface area contributed by atoms with Crippen molar-refractivity contribution in [2.45, 2.75) is 6.42 Å². The standard InChI is InChI=1S/C14H22N2O4/c1-19-13-4-2-3-12(11-13)5-6-15-14(18)16-7-9-20-10-8-17/h2-4,11,17H,5-10H2,1H3,(H2,15,16,18). The Hall–Kier alpha value is -1.79. The fourth-order valence-corrected chi connectivity index (χ4v) is 1.61. The van der Waals surface area contributed by atoms with Gasteiger partial charge < -0.3 is 25.2 Å². The summed E-state index contributed by atoms with van der Waals surface area (Å²) >= 11 is 0. The third-order valence-corrected chi connectivity index (χ3v) is 2.60.